The summed E-state index contributed by atoms with van der Waals surface area (Å²) >= 11 is 2.02. The van der Waals surface area contributed by atoms with Crippen LogP contribution in [0.1, 0.15) is 20.8 Å². The molecule has 0 aromatic heterocycles. The summed E-state index contributed by atoms with van der Waals surface area (Å²) in [5, 5.41) is 0.287. The molecule has 0 saturated carbocycles. The van der Waals surface area contributed by atoms with Crippen molar-refractivity contribution in [1.82, 2.24) is 0 Å². The van der Waals surface area contributed by atoms with Gasteiger partial charge in [-0.05, 0) is 28.1 Å². The Labute approximate surface area is 103 Å². The van der Waals surface area contributed by atoms with E-state index in [0.29, 0.717) is 6.61 Å². The topological polar surface area (TPSA) is 9.23 Å². The molecule has 0 aliphatic carbocycles. The highest BCUT2D eigenvalue weighted by molar-refractivity contribution is 14.1. The summed E-state index contributed by atoms with van der Waals surface area (Å²) in [6.07, 6.45) is 3.83. The number of hydrogen-bond donors (Lipinski definition) is 0. The van der Waals surface area contributed by atoms with Crippen molar-refractivity contribution in [2.75, 3.05) is 6.61 Å². The summed E-state index contributed by atoms with van der Waals surface area (Å²) in [6, 6.07) is 0. The molecule has 14 heavy (non-hydrogen) atoms. The molecule has 0 aromatic carbocycles. The van der Waals surface area contributed by atoms with E-state index in [2.05, 4.69) is 43.7 Å². The molecule has 0 amide bonds. The predicted octanol–water partition coefficient (Wildman–Crippen LogP) is 3.96. The zero-order chi connectivity index (χ0) is 11.2. The zero-order valence-corrected chi connectivity index (χ0v) is 12.8. The number of allylic oxidation sites excluding steroid dienone is 1. The third kappa shape index (κ3) is 5.18. The van der Waals surface area contributed by atoms with Crippen molar-refractivity contribution in [3.05, 3.63) is 12.2 Å². The van der Waals surface area contributed by atoms with E-state index in [1.807, 2.05) is 34.7 Å². The normalized spacial score (nSPS) is 12.7. The van der Waals surface area contributed by atoms with E-state index in [-0.39, 0.29) is 5.04 Å². The van der Waals surface area contributed by atoms with Gasteiger partial charge in [-0.2, -0.15) is 0 Å². The van der Waals surface area contributed by atoms with E-state index in [1.54, 1.807) is 0 Å². The number of hydrogen-bond acceptors (Lipinski definition) is 1. The molecule has 0 aliphatic heterocycles. The SMILES string of the molecule is CC(C)(C)[Si](C)(C)OC/C=C/C#CI. The molecule has 0 radical (unpaired) electrons. The highest BCUT2D eigenvalue weighted by Crippen LogP contribution is 2.36. The maximum absolute atomic E-state index is 5.92. The number of rotatable bonds is 3. The van der Waals surface area contributed by atoms with Gasteiger partial charge in [-0.25, -0.2) is 0 Å². The summed E-state index contributed by atoms with van der Waals surface area (Å²) < 4.78 is 8.71. The minimum Gasteiger partial charge on any atom is -0.413 e. The first kappa shape index (κ1) is 14.2. The first-order valence-corrected chi connectivity index (χ1v) is 8.70. The van der Waals surface area contributed by atoms with Crippen molar-refractivity contribution in [2.45, 2.75) is 38.9 Å². The molecule has 3 heteroatoms. The van der Waals surface area contributed by atoms with Crippen molar-refractivity contribution in [2.24, 2.45) is 0 Å². The van der Waals surface area contributed by atoms with Gasteiger partial charge in [0.25, 0.3) is 0 Å². The molecular weight excluding hydrogens is 303 g/mol. The van der Waals surface area contributed by atoms with Crippen LogP contribution < -0.4 is 0 Å². The Morgan fingerprint density at radius 1 is 1.36 bits per heavy atom. The molecule has 0 fully saturated rings. The Balaban J connectivity index is 4.05. The molecule has 80 valence electrons. The second-order valence-electron chi connectivity index (χ2n) is 4.71. The zero-order valence-electron chi connectivity index (χ0n) is 9.65. The number of halogens is 1. The van der Waals surface area contributed by atoms with Crippen LogP contribution in [0.2, 0.25) is 18.1 Å². The van der Waals surface area contributed by atoms with Crippen LogP contribution in [-0.2, 0) is 4.43 Å². The standard InChI is InChI=1S/C11H19IOSi/c1-11(2,3)14(4,5)13-10-8-6-7-9-12/h6,8H,10H2,1-5H3/b8-6+. The summed E-state index contributed by atoms with van der Waals surface area (Å²) in [4.78, 5) is 0. The molecule has 0 heterocycles. The first-order chi connectivity index (χ1) is 6.31. The summed E-state index contributed by atoms with van der Waals surface area (Å²) in [7, 11) is -1.57. The highest BCUT2D eigenvalue weighted by atomic mass is 127. The van der Waals surface area contributed by atoms with Crippen LogP contribution in [0.15, 0.2) is 12.2 Å². The first-order valence-electron chi connectivity index (χ1n) is 4.71. The van der Waals surface area contributed by atoms with E-state index >= 15 is 0 Å². The molecule has 1 nitrogen and oxygen atoms in total. The van der Waals surface area contributed by atoms with Gasteiger partial charge in [0.15, 0.2) is 8.32 Å². The average molecular weight is 322 g/mol. The average Bonchev–Trinajstić information content (AvgIpc) is 2.02. The van der Waals surface area contributed by atoms with E-state index < -0.39 is 8.32 Å². The van der Waals surface area contributed by atoms with Gasteiger partial charge in [0.05, 0.1) is 6.61 Å². The van der Waals surface area contributed by atoms with Gasteiger partial charge in [0.1, 0.15) is 0 Å². The second-order valence-corrected chi connectivity index (χ2v) is 10.1. The molecule has 0 spiro atoms. The quantitative estimate of drug-likeness (QED) is 0.434. The lowest BCUT2D eigenvalue weighted by Gasteiger charge is -2.35. The van der Waals surface area contributed by atoms with Crippen LogP contribution >= 0.6 is 22.6 Å². The summed E-state index contributed by atoms with van der Waals surface area (Å²) in [6.45, 7) is 11.9. The van der Waals surface area contributed by atoms with E-state index in [4.69, 9.17) is 4.43 Å². The molecule has 0 N–H and O–H groups in total. The molecular formula is C11H19IOSi. The Bertz CT molecular complexity index is 253. The smallest absolute Gasteiger partial charge is 0.192 e. The minimum absolute atomic E-state index is 0.287. The molecule has 0 aliphatic rings. The third-order valence-electron chi connectivity index (χ3n) is 2.60. The highest BCUT2D eigenvalue weighted by Gasteiger charge is 2.36. The third-order valence-corrected chi connectivity index (χ3v) is 7.41. The molecule has 0 atom stereocenters. The van der Waals surface area contributed by atoms with Gasteiger partial charge in [-0.1, -0.05) is 32.8 Å². The van der Waals surface area contributed by atoms with Crippen molar-refractivity contribution in [1.29, 1.82) is 0 Å². The fraction of sp³-hybridized carbons (Fsp3) is 0.636. The second kappa shape index (κ2) is 5.94. The minimum atomic E-state index is -1.57. The van der Waals surface area contributed by atoms with Crippen LogP contribution in [0.3, 0.4) is 0 Å². The van der Waals surface area contributed by atoms with Gasteiger partial charge in [-0.15, -0.1) is 0 Å². The van der Waals surface area contributed by atoms with Gasteiger partial charge < -0.3 is 4.43 Å². The van der Waals surface area contributed by atoms with Gasteiger partial charge in [-0.3, -0.25) is 0 Å². The van der Waals surface area contributed by atoms with E-state index in [0.717, 1.165) is 0 Å². The van der Waals surface area contributed by atoms with Crippen molar-refractivity contribution in [3.8, 4) is 9.85 Å². The molecule has 0 aromatic rings. The van der Waals surface area contributed by atoms with Gasteiger partial charge in [0.2, 0.25) is 0 Å². The van der Waals surface area contributed by atoms with Crippen LogP contribution in [-0.4, -0.2) is 14.9 Å². The van der Waals surface area contributed by atoms with E-state index in [1.165, 1.54) is 0 Å². The Morgan fingerprint density at radius 2 is 1.93 bits per heavy atom. The summed E-state index contributed by atoms with van der Waals surface area (Å²) in [5.41, 5.74) is 0. The molecule has 0 saturated heterocycles. The van der Waals surface area contributed by atoms with Crippen molar-refractivity contribution >= 4 is 30.9 Å². The van der Waals surface area contributed by atoms with Gasteiger partial charge in [0, 0.05) is 22.6 Å². The van der Waals surface area contributed by atoms with Crippen LogP contribution in [0.25, 0.3) is 0 Å². The molecule has 0 unspecified atom stereocenters. The van der Waals surface area contributed by atoms with E-state index in [9.17, 15) is 0 Å². The van der Waals surface area contributed by atoms with Crippen LogP contribution in [0, 0.1) is 9.85 Å². The lowest BCUT2D eigenvalue weighted by atomic mass is 10.2. The Morgan fingerprint density at radius 3 is 2.36 bits per heavy atom. The van der Waals surface area contributed by atoms with Gasteiger partial charge >= 0.3 is 0 Å². The Hall–Kier alpha value is 0.207. The van der Waals surface area contributed by atoms with Crippen LogP contribution in [0.5, 0.6) is 0 Å². The largest absolute Gasteiger partial charge is 0.413 e. The van der Waals surface area contributed by atoms with Crippen molar-refractivity contribution in [3.63, 3.8) is 0 Å². The Kier molecular flexibility index (Phi) is 6.02. The molecule has 0 rings (SSSR count). The van der Waals surface area contributed by atoms with Crippen molar-refractivity contribution < 1.29 is 4.43 Å². The monoisotopic (exact) mass is 322 g/mol. The lowest BCUT2D eigenvalue weighted by molar-refractivity contribution is 0.328. The summed E-state index contributed by atoms with van der Waals surface area (Å²) in [5.74, 6) is 2.86. The predicted molar refractivity (Wildman–Crippen MR) is 74.1 cm³/mol. The fourth-order valence-electron chi connectivity index (χ4n) is 0.611. The fourth-order valence-corrected chi connectivity index (χ4v) is 1.74. The maximum Gasteiger partial charge on any atom is 0.192 e. The maximum atomic E-state index is 5.92. The molecule has 0 bridgehead atoms. The lowest BCUT2D eigenvalue weighted by Crippen LogP contribution is -2.40. The van der Waals surface area contributed by atoms with Crippen LogP contribution in [0.4, 0.5) is 0 Å².